The van der Waals surface area contributed by atoms with Gasteiger partial charge in [-0.05, 0) is 64.0 Å². The first kappa shape index (κ1) is 15.8. The van der Waals surface area contributed by atoms with Crippen LogP contribution >= 0.6 is 0 Å². The summed E-state index contributed by atoms with van der Waals surface area (Å²) in [7, 11) is 0. The van der Waals surface area contributed by atoms with Crippen molar-refractivity contribution in [2.45, 2.75) is 64.0 Å². The van der Waals surface area contributed by atoms with Crippen LogP contribution in [0.1, 0.15) is 57.9 Å². The molecule has 0 aromatic carbocycles. The van der Waals surface area contributed by atoms with E-state index in [9.17, 15) is 4.79 Å². The first-order chi connectivity index (χ1) is 10.9. The zero-order valence-electron chi connectivity index (χ0n) is 14.1. The topological polar surface area (TPSA) is 67.0 Å². The van der Waals surface area contributed by atoms with Crippen LogP contribution in [0.2, 0.25) is 0 Å². The Balaban J connectivity index is 1.57. The van der Waals surface area contributed by atoms with Crippen LogP contribution in [0.5, 0.6) is 0 Å². The number of pyridine rings is 1. The predicted molar refractivity (Wildman–Crippen MR) is 90.5 cm³/mol. The lowest BCUT2D eigenvalue weighted by Crippen LogP contribution is -2.40. The Kier molecular flexibility index (Phi) is 4.28. The van der Waals surface area contributed by atoms with Crippen molar-refractivity contribution in [1.29, 1.82) is 0 Å². The quantitative estimate of drug-likeness (QED) is 0.876. The van der Waals surface area contributed by atoms with E-state index in [4.69, 9.17) is 4.74 Å². The second-order valence-electron chi connectivity index (χ2n) is 7.36. The first-order valence-corrected chi connectivity index (χ1v) is 8.33. The van der Waals surface area contributed by atoms with Gasteiger partial charge in [0.1, 0.15) is 5.60 Å². The highest BCUT2D eigenvalue weighted by atomic mass is 16.6. The summed E-state index contributed by atoms with van der Waals surface area (Å²) in [6.45, 7) is 5.65. The van der Waals surface area contributed by atoms with Crippen LogP contribution in [0.25, 0.3) is 10.9 Å². The van der Waals surface area contributed by atoms with E-state index in [2.05, 4.69) is 27.5 Å². The van der Waals surface area contributed by atoms with E-state index in [1.165, 1.54) is 10.9 Å². The number of alkyl carbamates (subject to hydrolysis) is 1. The summed E-state index contributed by atoms with van der Waals surface area (Å²) in [5, 5.41) is 4.27. The molecule has 2 N–H and O–H groups in total. The van der Waals surface area contributed by atoms with Crippen molar-refractivity contribution in [3.05, 3.63) is 30.2 Å². The van der Waals surface area contributed by atoms with E-state index < -0.39 is 5.60 Å². The van der Waals surface area contributed by atoms with Crippen molar-refractivity contribution in [2.24, 2.45) is 0 Å². The van der Waals surface area contributed by atoms with E-state index >= 15 is 0 Å². The zero-order valence-corrected chi connectivity index (χ0v) is 14.1. The number of carbonyl (C=O) groups is 1. The molecule has 1 saturated carbocycles. The van der Waals surface area contributed by atoms with E-state index in [0.717, 1.165) is 31.2 Å². The number of H-pyrrole nitrogens is 1. The molecule has 124 valence electrons. The first-order valence-electron chi connectivity index (χ1n) is 8.33. The van der Waals surface area contributed by atoms with Crippen LogP contribution in [-0.4, -0.2) is 27.7 Å². The van der Waals surface area contributed by atoms with E-state index in [-0.39, 0.29) is 12.1 Å². The number of ether oxygens (including phenoxy) is 1. The van der Waals surface area contributed by atoms with Gasteiger partial charge in [0.25, 0.3) is 0 Å². The maximum absolute atomic E-state index is 11.9. The number of aromatic nitrogens is 2. The van der Waals surface area contributed by atoms with Gasteiger partial charge in [-0.25, -0.2) is 4.79 Å². The third-order valence-electron chi connectivity index (χ3n) is 4.40. The smallest absolute Gasteiger partial charge is 0.407 e. The highest BCUT2D eigenvalue weighted by Gasteiger charge is 2.26. The van der Waals surface area contributed by atoms with Crippen LogP contribution in [-0.2, 0) is 4.74 Å². The normalized spacial score (nSPS) is 22.0. The molecule has 3 rings (SSSR count). The van der Waals surface area contributed by atoms with Gasteiger partial charge in [0.05, 0.1) is 11.7 Å². The Morgan fingerprint density at radius 1 is 1.30 bits per heavy atom. The van der Waals surface area contributed by atoms with Crippen LogP contribution < -0.4 is 5.32 Å². The number of hydrogen-bond donors (Lipinski definition) is 2. The SMILES string of the molecule is CC(C)(C)OC(=O)NC1CCC(c2c[nH]c3cnccc23)CC1. The molecule has 0 aliphatic heterocycles. The molecule has 1 aliphatic rings. The molecular formula is C18H25N3O2. The fourth-order valence-electron chi connectivity index (χ4n) is 3.36. The number of nitrogens with zero attached hydrogens (tertiary/aromatic N) is 1. The molecule has 0 atom stereocenters. The minimum atomic E-state index is -0.445. The molecule has 1 aliphatic carbocycles. The van der Waals surface area contributed by atoms with Crippen molar-refractivity contribution >= 4 is 17.0 Å². The summed E-state index contributed by atoms with van der Waals surface area (Å²) in [4.78, 5) is 19.3. The van der Waals surface area contributed by atoms with Crippen LogP contribution in [0.15, 0.2) is 24.7 Å². The number of carbonyl (C=O) groups excluding carboxylic acids is 1. The number of amides is 1. The average molecular weight is 315 g/mol. The Bertz CT molecular complexity index is 679. The summed E-state index contributed by atoms with van der Waals surface area (Å²) < 4.78 is 5.34. The van der Waals surface area contributed by atoms with Crippen LogP contribution in [0.4, 0.5) is 4.79 Å². The fourth-order valence-corrected chi connectivity index (χ4v) is 3.36. The minimum absolute atomic E-state index is 0.216. The molecule has 5 heteroatoms. The van der Waals surface area contributed by atoms with Gasteiger partial charge in [0.15, 0.2) is 0 Å². The predicted octanol–water partition coefficient (Wildman–Crippen LogP) is 4.11. The largest absolute Gasteiger partial charge is 0.444 e. The third-order valence-corrected chi connectivity index (χ3v) is 4.40. The maximum atomic E-state index is 11.9. The Morgan fingerprint density at radius 3 is 2.74 bits per heavy atom. The number of hydrogen-bond acceptors (Lipinski definition) is 3. The average Bonchev–Trinajstić information content (AvgIpc) is 2.90. The fraction of sp³-hybridized carbons (Fsp3) is 0.556. The summed E-state index contributed by atoms with van der Waals surface area (Å²) in [6, 6.07) is 2.29. The molecule has 23 heavy (non-hydrogen) atoms. The number of aromatic amines is 1. The number of fused-ring (bicyclic) bond motifs is 1. The standard InChI is InChI=1S/C18H25N3O2/c1-18(2,3)23-17(22)21-13-6-4-12(5-7-13)15-10-20-16-11-19-9-8-14(15)16/h8-13,20H,4-7H2,1-3H3,(H,21,22). The van der Waals surface area contributed by atoms with Crippen molar-refractivity contribution in [1.82, 2.24) is 15.3 Å². The van der Waals surface area contributed by atoms with Crippen molar-refractivity contribution in [3.8, 4) is 0 Å². The summed E-state index contributed by atoms with van der Waals surface area (Å²) in [5.74, 6) is 0.544. The van der Waals surface area contributed by atoms with Gasteiger partial charge in [-0.3, -0.25) is 4.98 Å². The molecule has 0 saturated heterocycles. The molecule has 2 aromatic heterocycles. The van der Waals surface area contributed by atoms with Crippen LogP contribution in [0.3, 0.4) is 0 Å². The molecule has 0 bridgehead atoms. The second kappa shape index (κ2) is 6.22. The molecule has 1 amide bonds. The molecule has 5 nitrogen and oxygen atoms in total. The Labute approximate surface area is 136 Å². The van der Waals surface area contributed by atoms with Gasteiger partial charge in [-0.1, -0.05) is 0 Å². The van der Waals surface area contributed by atoms with Crippen molar-refractivity contribution < 1.29 is 9.53 Å². The number of rotatable bonds is 2. The lowest BCUT2D eigenvalue weighted by Gasteiger charge is -2.30. The maximum Gasteiger partial charge on any atom is 0.407 e. The van der Waals surface area contributed by atoms with Crippen molar-refractivity contribution in [2.75, 3.05) is 0 Å². The van der Waals surface area contributed by atoms with Gasteiger partial charge in [-0.15, -0.1) is 0 Å². The third kappa shape index (κ3) is 3.84. The van der Waals surface area contributed by atoms with Gasteiger partial charge >= 0.3 is 6.09 Å². The Morgan fingerprint density at radius 2 is 2.04 bits per heavy atom. The lowest BCUT2D eigenvalue weighted by atomic mass is 9.82. The molecule has 1 fully saturated rings. The Hall–Kier alpha value is -2.04. The van der Waals surface area contributed by atoms with Gasteiger partial charge < -0.3 is 15.0 Å². The highest BCUT2D eigenvalue weighted by molar-refractivity contribution is 5.82. The lowest BCUT2D eigenvalue weighted by molar-refractivity contribution is 0.0491. The summed E-state index contributed by atoms with van der Waals surface area (Å²) in [6.07, 6.45) is 9.65. The zero-order chi connectivity index (χ0) is 16.4. The van der Waals surface area contributed by atoms with Gasteiger partial charge in [0, 0.05) is 23.8 Å². The van der Waals surface area contributed by atoms with E-state index in [1.807, 2.05) is 33.2 Å². The van der Waals surface area contributed by atoms with Gasteiger partial charge in [-0.2, -0.15) is 0 Å². The monoisotopic (exact) mass is 315 g/mol. The van der Waals surface area contributed by atoms with E-state index in [0.29, 0.717) is 5.92 Å². The molecular weight excluding hydrogens is 290 g/mol. The molecule has 0 radical (unpaired) electrons. The second-order valence-corrected chi connectivity index (χ2v) is 7.36. The molecule has 2 heterocycles. The molecule has 0 spiro atoms. The van der Waals surface area contributed by atoms with Crippen molar-refractivity contribution in [3.63, 3.8) is 0 Å². The molecule has 2 aromatic rings. The van der Waals surface area contributed by atoms with Crippen LogP contribution in [0, 0.1) is 0 Å². The van der Waals surface area contributed by atoms with Gasteiger partial charge in [0.2, 0.25) is 0 Å². The summed E-state index contributed by atoms with van der Waals surface area (Å²) >= 11 is 0. The number of nitrogens with one attached hydrogen (secondary N) is 2. The van der Waals surface area contributed by atoms with E-state index in [1.54, 1.807) is 0 Å². The minimum Gasteiger partial charge on any atom is -0.444 e. The summed E-state index contributed by atoms with van der Waals surface area (Å²) in [5.41, 5.74) is 2.02. The molecule has 0 unspecified atom stereocenters. The highest BCUT2D eigenvalue weighted by Crippen LogP contribution is 2.36.